The summed E-state index contributed by atoms with van der Waals surface area (Å²) in [4.78, 5) is 1.45. The van der Waals surface area contributed by atoms with E-state index in [1.807, 2.05) is 11.3 Å². The molecule has 17 heavy (non-hydrogen) atoms. The molecule has 1 nitrogen and oxygen atoms in total. The van der Waals surface area contributed by atoms with Crippen molar-refractivity contribution in [3.63, 3.8) is 0 Å². The Morgan fingerprint density at radius 1 is 1.18 bits per heavy atom. The first-order valence-corrected chi connectivity index (χ1v) is 6.96. The van der Waals surface area contributed by atoms with E-state index in [2.05, 4.69) is 60.9 Å². The predicted octanol–water partition coefficient (Wildman–Crippen LogP) is 3.95. The number of hydrogen-bond donors (Lipinski definition) is 1. The van der Waals surface area contributed by atoms with Crippen LogP contribution in [-0.2, 0) is 6.42 Å². The number of nitrogens with one attached hydrogen (secondary N) is 1. The highest BCUT2D eigenvalue weighted by molar-refractivity contribution is 7.09. The normalized spacial score (nSPS) is 12.6. The summed E-state index contributed by atoms with van der Waals surface area (Å²) in [6.45, 7) is 5.44. The van der Waals surface area contributed by atoms with Gasteiger partial charge in [0.05, 0.1) is 0 Å². The lowest BCUT2D eigenvalue weighted by molar-refractivity contribution is 0.576. The summed E-state index contributed by atoms with van der Waals surface area (Å²) in [6, 6.07) is 13.3. The van der Waals surface area contributed by atoms with Crippen LogP contribution in [0.1, 0.15) is 29.0 Å². The van der Waals surface area contributed by atoms with Crippen molar-refractivity contribution < 1.29 is 0 Å². The van der Waals surface area contributed by atoms with Gasteiger partial charge in [-0.1, -0.05) is 30.3 Å². The molecule has 0 aliphatic heterocycles. The first-order chi connectivity index (χ1) is 8.27. The van der Waals surface area contributed by atoms with Gasteiger partial charge in [0.15, 0.2) is 0 Å². The van der Waals surface area contributed by atoms with Crippen molar-refractivity contribution in [3.8, 4) is 0 Å². The summed E-state index contributed by atoms with van der Waals surface area (Å²) in [5.41, 5.74) is 2.77. The molecular formula is C15H19NS. The third-order valence-corrected chi connectivity index (χ3v) is 3.99. The number of aryl methyl sites for hydroxylation is 1. The van der Waals surface area contributed by atoms with E-state index in [1.54, 1.807) is 0 Å². The van der Waals surface area contributed by atoms with E-state index in [-0.39, 0.29) is 0 Å². The van der Waals surface area contributed by atoms with E-state index in [0.29, 0.717) is 6.04 Å². The van der Waals surface area contributed by atoms with E-state index < -0.39 is 0 Å². The first-order valence-electron chi connectivity index (χ1n) is 6.08. The third kappa shape index (κ3) is 3.42. The summed E-state index contributed by atoms with van der Waals surface area (Å²) in [7, 11) is 0. The highest BCUT2D eigenvalue weighted by atomic mass is 32.1. The highest BCUT2D eigenvalue weighted by Gasteiger charge is 2.06. The molecule has 1 N–H and O–H groups in total. The van der Waals surface area contributed by atoms with Gasteiger partial charge in [0.1, 0.15) is 0 Å². The quantitative estimate of drug-likeness (QED) is 0.841. The summed E-state index contributed by atoms with van der Waals surface area (Å²) in [5, 5.41) is 5.72. The zero-order valence-corrected chi connectivity index (χ0v) is 11.3. The van der Waals surface area contributed by atoms with Crippen molar-refractivity contribution in [1.29, 1.82) is 0 Å². The van der Waals surface area contributed by atoms with E-state index in [4.69, 9.17) is 0 Å². The second-order valence-electron chi connectivity index (χ2n) is 4.36. The Balaban J connectivity index is 1.85. The molecular weight excluding hydrogens is 226 g/mol. The minimum absolute atomic E-state index is 0.427. The lowest BCUT2D eigenvalue weighted by Crippen LogP contribution is -2.21. The average molecular weight is 245 g/mol. The maximum Gasteiger partial charge on any atom is 0.0294 e. The fraction of sp³-hybridized carbons (Fsp3) is 0.333. The molecule has 0 saturated carbocycles. The summed E-state index contributed by atoms with van der Waals surface area (Å²) < 4.78 is 0. The maximum atomic E-state index is 3.58. The molecule has 2 rings (SSSR count). The lowest BCUT2D eigenvalue weighted by Gasteiger charge is -2.16. The lowest BCUT2D eigenvalue weighted by atomic mass is 10.0. The van der Waals surface area contributed by atoms with Crippen molar-refractivity contribution in [2.75, 3.05) is 6.54 Å². The zero-order valence-electron chi connectivity index (χ0n) is 10.4. The molecule has 2 heteroatoms. The van der Waals surface area contributed by atoms with E-state index in [9.17, 15) is 0 Å². The van der Waals surface area contributed by atoms with Crippen LogP contribution < -0.4 is 5.32 Å². The first kappa shape index (κ1) is 12.3. The molecule has 0 aliphatic carbocycles. The summed E-state index contributed by atoms with van der Waals surface area (Å²) in [6.07, 6.45) is 1.12. The van der Waals surface area contributed by atoms with Gasteiger partial charge in [-0.3, -0.25) is 0 Å². The maximum absolute atomic E-state index is 3.58. The molecule has 0 aliphatic rings. The van der Waals surface area contributed by atoms with Crippen molar-refractivity contribution in [2.24, 2.45) is 0 Å². The van der Waals surface area contributed by atoms with Gasteiger partial charge in [-0.2, -0.15) is 0 Å². The number of benzene rings is 1. The molecule has 0 radical (unpaired) electrons. The third-order valence-electron chi connectivity index (χ3n) is 3.06. The topological polar surface area (TPSA) is 12.0 Å². The molecule has 0 bridgehead atoms. The largest absolute Gasteiger partial charge is 0.310 e. The van der Waals surface area contributed by atoms with Crippen LogP contribution in [0, 0.1) is 6.92 Å². The molecule has 0 saturated heterocycles. The van der Waals surface area contributed by atoms with Gasteiger partial charge in [-0.25, -0.2) is 0 Å². The molecule has 2 aromatic rings. The Kier molecular flexibility index (Phi) is 4.35. The molecule has 1 heterocycles. The van der Waals surface area contributed by atoms with Crippen LogP contribution in [0.15, 0.2) is 41.8 Å². The van der Waals surface area contributed by atoms with Gasteiger partial charge >= 0.3 is 0 Å². The monoisotopic (exact) mass is 245 g/mol. The van der Waals surface area contributed by atoms with Crippen molar-refractivity contribution >= 4 is 11.3 Å². The number of thiophene rings is 1. The Morgan fingerprint density at radius 2 is 2.00 bits per heavy atom. The average Bonchev–Trinajstić information content (AvgIpc) is 2.82. The van der Waals surface area contributed by atoms with E-state index >= 15 is 0 Å². The van der Waals surface area contributed by atoms with Crippen LogP contribution in [0.2, 0.25) is 0 Å². The van der Waals surface area contributed by atoms with Crippen LogP contribution in [0.3, 0.4) is 0 Å². The smallest absolute Gasteiger partial charge is 0.0294 e. The molecule has 1 aromatic carbocycles. The van der Waals surface area contributed by atoms with Crippen molar-refractivity contribution in [1.82, 2.24) is 5.32 Å². The molecule has 1 atom stereocenters. The second kappa shape index (κ2) is 5.99. The predicted molar refractivity (Wildman–Crippen MR) is 75.6 cm³/mol. The van der Waals surface area contributed by atoms with Gasteiger partial charge in [-0.15, -0.1) is 11.3 Å². The van der Waals surface area contributed by atoms with Gasteiger partial charge in [0, 0.05) is 17.5 Å². The minimum Gasteiger partial charge on any atom is -0.310 e. The second-order valence-corrected chi connectivity index (χ2v) is 5.39. The van der Waals surface area contributed by atoms with Gasteiger partial charge in [0.2, 0.25) is 0 Å². The Morgan fingerprint density at radius 3 is 2.71 bits per heavy atom. The fourth-order valence-electron chi connectivity index (χ4n) is 2.05. The van der Waals surface area contributed by atoms with Gasteiger partial charge < -0.3 is 5.32 Å². The zero-order chi connectivity index (χ0) is 12.1. The van der Waals surface area contributed by atoms with Crippen LogP contribution in [0.4, 0.5) is 0 Å². The van der Waals surface area contributed by atoms with Crippen LogP contribution in [-0.4, -0.2) is 6.54 Å². The van der Waals surface area contributed by atoms with Crippen molar-refractivity contribution in [2.45, 2.75) is 26.3 Å². The Bertz CT molecular complexity index is 448. The Hall–Kier alpha value is -1.12. The number of hydrogen-bond acceptors (Lipinski definition) is 2. The SMILES string of the molecule is Cc1ccccc1[C@H](C)NCCc1cccs1. The van der Waals surface area contributed by atoms with Gasteiger partial charge in [-0.05, 0) is 42.8 Å². The highest BCUT2D eigenvalue weighted by Crippen LogP contribution is 2.16. The molecule has 0 fully saturated rings. The molecule has 90 valence electrons. The molecule has 0 amide bonds. The molecule has 0 spiro atoms. The van der Waals surface area contributed by atoms with Crippen LogP contribution >= 0.6 is 11.3 Å². The molecule has 0 unspecified atom stereocenters. The fourth-order valence-corrected chi connectivity index (χ4v) is 2.76. The summed E-state index contributed by atoms with van der Waals surface area (Å²) in [5.74, 6) is 0. The standard InChI is InChI=1S/C15H19NS/c1-12-6-3-4-8-15(12)13(2)16-10-9-14-7-5-11-17-14/h3-8,11,13,16H,9-10H2,1-2H3/t13-/m0/s1. The van der Waals surface area contributed by atoms with E-state index in [1.165, 1.54) is 16.0 Å². The minimum atomic E-state index is 0.427. The van der Waals surface area contributed by atoms with Crippen LogP contribution in [0.5, 0.6) is 0 Å². The number of rotatable bonds is 5. The van der Waals surface area contributed by atoms with E-state index in [0.717, 1.165) is 13.0 Å². The van der Waals surface area contributed by atoms with Crippen molar-refractivity contribution in [3.05, 3.63) is 57.8 Å². The molecule has 1 aromatic heterocycles. The summed E-state index contributed by atoms with van der Waals surface area (Å²) >= 11 is 1.83. The Labute approximate surface area is 108 Å². The van der Waals surface area contributed by atoms with Crippen LogP contribution in [0.25, 0.3) is 0 Å². The van der Waals surface area contributed by atoms with Gasteiger partial charge in [0.25, 0.3) is 0 Å².